The van der Waals surface area contributed by atoms with E-state index in [-0.39, 0.29) is 0 Å². The Labute approximate surface area is 100.0 Å². The number of aromatic nitrogens is 2. The van der Waals surface area contributed by atoms with E-state index < -0.39 is 0 Å². The van der Waals surface area contributed by atoms with Crippen LogP contribution in [0.2, 0.25) is 5.15 Å². The first kappa shape index (κ1) is 12.4. The van der Waals surface area contributed by atoms with Gasteiger partial charge in [0.1, 0.15) is 5.15 Å². The molecule has 0 amide bonds. The minimum absolute atomic E-state index is 0.482. The number of nitrogens with zero attached hydrogens (tertiary/aromatic N) is 3. The van der Waals surface area contributed by atoms with Gasteiger partial charge in [0, 0.05) is 25.7 Å². The number of rotatable bonds is 4. The zero-order chi connectivity index (χ0) is 11.6. The van der Waals surface area contributed by atoms with Gasteiger partial charge in [0.05, 0.1) is 10.7 Å². The zero-order valence-corrected chi connectivity index (χ0v) is 10.7. The van der Waals surface area contributed by atoms with Crippen molar-refractivity contribution in [1.82, 2.24) is 14.7 Å². The molecule has 0 aliphatic carbocycles. The van der Waals surface area contributed by atoms with Crippen molar-refractivity contribution in [3.63, 3.8) is 0 Å². The second-order valence-corrected chi connectivity index (χ2v) is 4.50. The van der Waals surface area contributed by atoms with Crippen molar-refractivity contribution in [3.8, 4) is 0 Å². The third kappa shape index (κ3) is 3.15. The Morgan fingerprint density at radius 3 is 2.67 bits per heavy atom. The lowest BCUT2D eigenvalue weighted by molar-refractivity contribution is 0.374. The summed E-state index contributed by atoms with van der Waals surface area (Å²) in [6.45, 7) is 3.23. The van der Waals surface area contributed by atoms with E-state index in [2.05, 4.69) is 5.10 Å². The lowest BCUT2D eigenvalue weighted by atomic mass is 10.2. The van der Waals surface area contributed by atoms with Gasteiger partial charge in [0.15, 0.2) is 0 Å². The van der Waals surface area contributed by atoms with Gasteiger partial charge in [-0.2, -0.15) is 5.10 Å². The standard InChI is InChI=1S/C9H15ClN4S/c1-6-7(9(10)14(3)12-6)4-13(2)5-8(11)15/h4-5H2,1-3H3,(H2,11,15). The summed E-state index contributed by atoms with van der Waals surface area (Å²) in [5.41, 5.74) is 7.43. The number of hydrogen-bond donors (Lipinski definition) is 1. The van der Waals surface area contributed by atoms with Crippen LogP contribution in [0.25, 0.3) is 0 Å². The predicted molar refractivity (Wildman–Crippen MR) is 66.1 cm³/mol. The maximum Gasteiger partial charge on any atom is 0.131 e. The van der Waals surface area contributed by atoms with E-state index in [0.29, 0.717) is 23.2 Å². The predicted octanol–water partition coefficient (Wildman–Crippen LogP) is 1.10. The summed E-state index contributed by atoms with van der Waals surface area (Å²) < 4.78 is 1.67. The van der Waals surface area contributed by atoms with Crippen molar-refractivity contribution in [2.75, 3.05) is 13.6 Å². The van der Waals surface area contributed by atoms with Gasteiger partial charge in [-0.15, -0.1) is 0 Å². The average Bonchev–Trinajstić information content (AvgIpc) is 2.31. The molecule has 0 radical (unpaired) electrons. The van der Waals surface area contributed by atoms with Crippen molar-refractivity contribution in [3.05, 3.63) is 16.4 Å². The van der Waals surface area contributed by atoms with Crippen LogP contribution in [0, 0.1) is 6.92 Å². The molecular formula is C9H15ClN4S. The highest BCUT2D eigenvalue weighted by atomic mass is 35.5. The number of likely N-dealkylation sites (N-methyl/N-ethyl adjacent to an activating group) is 1. The van der Waals surface area contributed by atoms with Gasteiger partial charge in [-0.25, -0.2) is 0 Å². The lowest BCUT2D eigenvalue weighted by Crippen LogP contribution is -2.29. The number of nitrogens with two attached hydrogens (primary N) is 1. The molecule has 1 aromatic heterocycles. The lowest BCUT2D eigenvalue weighted by Gasteiger charge is -2.15. The molecule has 15 heavy (non-hydrogen) atoms. The van der Waals surface area contributed by atoms with Crippen LogP contribution in [-0.2, 0) is 13.6 Å². The Morgan fingerprint density at radius 2 is 2.27 bits per heavy atom. The van der Waals surface area contributed by atoms with Gasteiger partial charge in [-0.3, -0.25) is 9.58 Å². The Kier molecular flexibility index (Phi) is 4.07. The topological polar surface area (TPSA) is 47.1 Å². The normalized spacial score (nSPS) is 11.0. The molecule has 4 nitrogen and oxygen atoms in total. The SMILES string of the molecule is Cc1nn(C)c(Cl)c1CN(C)CC(N)=S. The molecule has 84 valence electrons. The molecule has 0 spiro atoms. The van der Waals surface area contributed by atoms with Gasteiger partial charge in [0.2, 0.25) is 0 Å². The molecule has 6 heteroatoms. The van der Waals surface area contributed by atoms with Crippen molar-refractivity contribution in [2.24, 2.45) is 12.8 Å². The zero-order valence-electron chi connectivity index (χ0n) is 9.12. The average molecular weight is 247 g/mol. The van der Waals surface area contributed by atoms with Gasteiger partial charge >= 0.3 is 0 Å². The second kappa shape index (κ2) is 4.92. The molecule has 1 aromatic rings. The van der Waals surface area contributed by atoms with Crippen LogP contribution in [0.5, 0.6) is 0 Å². The van der Waals surface area contributed by atoms with Gasteiger partial charge < -0.3 is 5.73 Å². The Bertz CT molecular complexity index is 374. The van der Waals surface area contributed by atoms with E-state index in [9.17, 15) is 0 Å². The van der Waals surface area contributed by atoms with Gasteiger partial charge in [0.25, 0.3) is 0 Å². The minimum Gasteiger partial charge on any atom is -0.392 e. The highest BCUT2D eigenvalue weighted by Crippen LogP contribution is 2.19. The Balaban J connectivity index is 2.76. The summed E-state index contributed by atoms with van der Waals surface area (Å²) in [6.07, 6.45) is 0. The molecule has 0 unspecified atom stereocenters. The Morgan fingerprint density at radius 1 is 1.67 bits per heavy atom. The van der Waals surface area contributed by atoms with Crippen molar-refractivity contribution >= 4 is 28.8 Å². The molecular weight excluding hydrogens is 232 g/mol. The third-order valence-corrected chi connectivity index (χ3v) is 2.73. The molecule has 0 aromatic carbocycles. The monoisotopic (exact) mass is 246 g/mol. The fourth-order valence-electron chi connectivity index (χ4n) is 1.45. The van der Waals surface area contributed by atoms with Crippen LogP contribution in [0.15, 0.2) is 0 Å². The number of hydrogen-bond acceptors (Lipinski definition) is 3. The van der Waals surface area contributed by atoms with Crippen LogP contribution in [0.1, 0.15) is 11.3 Å². The van der Waals surface area contributed by atoms with Crippen LogP contribution in [0.3, 0.4) is 0 Å². The van der Waals surface area contributed by atoms with E-state index >= 15 is 0 Å². The highest BCUT2D eigenvalue weighted by Gasteiger charge is 2.13. The first-order valence-electron chi connectivity index (χ1n) is 4.56. The van der Waals surface area contributed by atoms with E-state index in [1.165, 1.54) is 0 Å². The van der Waals surface area contributed by atoms with Gasteiger partial charge in [-0.1, -0.05) is 23.8 Å². The largest absolute Gasteiger partial charge is 0.392 e. The van der Waals surface area contributed by atoms with E-state index in [1.54, 1.807) is 4.68 Å². The number of thiocarbonyl (C=S) groups is 1. The maximum absolute atomic E-state index is 6.10. The van der Waals surface area contributed by atoms with E-state index in [0.717, 1.165) is 11.3 Å². The minimum atomic E-state index is 0.482. The fraction of sp³-hybridized carbons (Fsp3) is 0.556. The van der Waals surface area contributed by atoms with Crippen molar-refractivity contribution in [2.45, 2.75) is 13.5 Å². The molecule has 0 bridgehead atoms. The maximum atomic E-state index is 6.10. The molecule has 0 saturated carbocycles. The summed E-state index contributed by atoms with van der Waals surface area (Å²) in [5, 5.41) is 4.91. The summed E-state index contributed by atoms with van der Waals surface area (Å²) in [6, 6.07) is 0. The fourth-order valence-corrected chi connectivity index (χ4v) is 1.90. The highest BCUT2D eigenvalue weighted by molar-refractivity contribution is 7.80. The third-order valence-electron chi connectivity index (χ3n) is 2.12. The first-order chi connectivity index (χ1) is 6.91. The summed E-state index contributed by atoms with van der Waals surface area (Å²) in [5.74, 6) is 0. The number of halogens is 1. The van der Waals surface area contributed by atoms with E-state index in [1.807, 2.05) is 25.9 Å². The Hall–Kier alpha value is -0.650. The molecule has 1 heterocycles. The van der Waals surface area contributed by atoms with Crippen LogP contribution in [-0.4, -0.2) is 33.3 Å². The van der Waals surface area contributed by atoms with Crippen LogP contribution < -0.4 is 5.73 Å². The van der Waals surface area contributed by atoms with Crippen LogP contribution >= 0.6 is 23.8 Å². The first-order valence-corrected chi connectivity index (χ1v) is 5.35. The molecule has 1 rings (SSSR count). The van der Waals surface area contributed by atoms with Crippen LogP contribution in [0.4, 0.5) is 0 Å². The summed E-state index contributed by atoms with van der Waals surface area (Å²) in [4.78, 5) is 2.49. The number of aryl methyl sites for hydroxylation is 2. The van der Waals surface area contributed by atoms with Crippen molar-refractivity contribution in [1.29, 1.82) is 0 Å². The molecule has 0 saturated heterocycles. The molecule has 0 atom stereocenters. The molecule has 0 aliphatic heterocycles. The van der Waals surface area contributed by atoms with Crippen molar-refractivity contribution < 1.29 is 0 Å². The smallest absolute Gasteiger partial charge is 0.131 e. The van der Waals surface area contributed by atoms with Gasteiger partial charge in [-0.05, 0) is 14.0 Å². The summed E-state index contributed by atoms with van der Waals surface area (Å²) in [7, 11) is 3.77. The second-order valence-electron chi connectivity index (χ2n) is 3.62. The molecule has 0 aliphatic rings. The quantitative estimate of drug-likeness (QED) is 0.809. The summed E-state index contributed by atoms with van der Waals surface area (Å²) >= 11 is 10.9. The molecule has 0 fully saturated rings. The molecule has 2 N–H and O–H groups in total. The van der Waals surface area contributed by atoms with E-state index in [4.69, 9.17) is 29.6 Å².